The van der Waals surface area contributed by atoms with Gasteiger partial charge in [0.25, 0.3) is 0 Å². The first-order valence-corrected chi connectivity index (χ1v) is 5.11. The fourth-order valence-corrected chi connectivity index (χ4v) is 1.51. The molecule has 0 fully saturated rings. The molecule has 0 aromatic heterocycles. The van der Waals surface area contributed by atoms with Gasteiger partial charge in [-0.05, 0) is 19.0 Å². The van der Waals surface area contributed by atoms with E-state index in [9.17, 15) is 4.79 Å². The molecule has 0 saturated heterocycles. The Morgan fingerprint density at radius 1 is 1.43 bits per heavy atom. The molecule has 1 unspecified atom stereocenters. The molecule has 1 atom stereocenters. The fraction of sp³-hybridized carbons (Fsp3) is 0.364. The second-order valence-corrected chi connectivity index (χ2v) is 3.40. The first kappa shape index (κ1) is 11.2. The van der Waals surface area contributed by atoms with E-state index in [1.807, 2.05) is 30.3 Å². The SMILES string of the molecule is CNC(Cc1ccccc1)C(=O)CCl. The van der Waals surface area contributed by atoms with Crippen molar-refractivity contribution in [2.75, 3.05) is 12.9 Å². The van der Waals surface area contributed by atoms with Gasteiger partial charge in [0.15, 0.2) is 5.78 Å². The minimum atomic E-state index is -0.171. The van der Waals surface area contributed by atoms with Crippen LogP contribution in [0.15, 0.2) is 30.3 Å². The third-order valence-corrected chi connectivity index (χ3v) is 2.41. The van der Waals surface area contributed by atoms with Gasteiger partial charge in [0.1, 0.15) is 0 Å². The zero-order valence-electron chi connectivity index (χ0n) is 8.16. The lowest BCUT2D eigenvalue weighted by Crippen LogP contribution is -2.36. The molecule has 0 spiro atoms. The maximum absolute atomic E-state index is 11.4. The molecular formula is C11H14ClNO. The number of ketones is 1. The Morgan fingerprint density at radius 3 is 2.57 bits per heavy atom. The van der Waals surface area contributed by atoms with E-state index in [2.05, 4.69) is 5.32 Å². The normalized spacial score (nSPS) is 12.4. The van der Waals surface area contributed by atoms with Gasteiger partial charge < -0.3 is 5.32 Å². The number of benzene rings is 1. The topological polar surface area (TPSA) is 29.1 Å². The molecule has 0 heterocycles. The molecule has 0 amide bonds. The third kappa shape index (κ3) is 3.13. The number of hydrogen-bond donors (Lipinski definition) is 1. The van der Waals surface area contributed by atoms with Crippen LogP contribution in [0.25, 0.3) is 0 Å². The van der Waals surface area contributed by atoms with Crippen LogP contribution < -0.4 is 5.32 Å². The third-order valence-electron chi connectivity index (χ3n) is 2.15. The molecule has 1 aromatic carbocycles. The van der Waals surface area contributed by atoms with Crippen molar-refractivity contribution in [1.29, 1.82) is 0 Å². The van der Waals surface area contributed by atoms with Gasteiger partial charge in [-0.1, -0.05) is 30.3 Å². The smallest absolute Gasteiger partial charge is 0.164 e. The van der Waals surface area contributed by atoms with Crippen LogP contribution in [-0.2, 0) is 11.2 Å². The highest BCUT2D eigenvalue weighted by Gasteiger charge is 2.14. The molecule has 0 aliphatic rings. The Bertz CT molecular complexity index is 287. The molecular weight excluding hydrogens is 198 g/mol. The monoisotopic (exact) mass is 211 g/mol. The van der Waals surface area contributed by atoms with Crippen LogP contribution in [0.4, 0.5) is 0 Å². The summed E-state index contributed by atoms with van der Waals surface area (Å²) in [5.74, 6) is 0.108. The summed E-state index contributed by atoms with van der Waals surface area (Å²) in [6.45, 7) is 0. The van der Waals surface area contributed by atoms with Crippen molar-refractivity contribution in [3.8, 4) is 0 Å². The average molecular weight is 212 g/mol. The quantitative estimate of drug-likeness (QED) is 0.751. The molecule has 0 bridgehead atoms. The van der Waals surface area contributed by atoms with Gasteiger partial charge in [-0.3, -0.25) is 4.79 Å². The first-order valence-electron chi connectivity index (χ1n) is 4.57. The molecule has 2 nitrogen and oxygen atoms in total. The van der Waals surface area contributed by atoms with E-state index < -0.39 is 0 Å². The lowest BCUT2D eigenvalue weighted by molar-refractivity contribution is -0.118. The predicted octanol–water partition coefficient (Wildman–Crippen LogP) is 1.62. The summed E-state index contributed by atoms with van der Waals surface area (Å²) in [6, 6.07) is 9.73. The standard InChI is InChI=1S/C11H14ClNO/c1-13-10(11(14)8-12)7-9-5-3-2-4-6-9/h2-6,10,13H,7-8H2,1H3. The van der Waals surface area contributed by atoms with Crippen LogP contribution in [-0.4, -0.2) is 24.8 Å². The average Bonchev–Trinajstić information content (AvgIpc) is 2.26. The van der Waals surface area contributed by atoms with Crippen molar-refractivity contribution in [2.45, 2.75) is 12.5 Å². The van der Waals surface area contributed by atoms with Gasteiger partial charge in [0.05, 0.1) is 11.9 Å². The van der Waals surface area contributed by atoms with Gasteiger partial charge in [-0.15, -0.1) is 11.6 Å². The second-order valence-electron chi connectivity index (χ2n) is 3.13. The Balaban J connectivity index is 2.62. The highest BCUT2D eigenvalue weighted by molar-refractivity contribution is 6.28. The molecule has 76 valence electrons. The van der Waals surface area contributed by atoms with Gasteiger partial charge in [0, 0.05) is 0 Å². The van der Waals surface area contributed by atoms with Crippen LogP contribution in [0.3, 0.4) is 0 Å². The van der Waals surface area contributed by atoms with Gasteiger partial charge in [-0.25, -0.2) is 0 Å². The minimum Gasteiger partial charge on any atom is -0.310 e. The number of Topliss-reactive ketones (excluding diaryl/α,β-unsaturated/α-hetero) is 1. The Hall–Kier alpha value is -0.860. The summed E-state index contributed by atoms with van der Waals surface area (Å²) in [4.78, 5) is 11.4. The summed E-state index contributed by atoms with van der Waals surface area (Å²) < 4.78 is 0. The van der Waals surface area contributed by atoms with Gasteiger partial charge in [-0.2, -0.15) is 0 Å². The van der Waals surface area contributed by atoms with Crippen molar-refractivity contribution >= 4 is 17.4 Å². The number of alkyl halides is 1. The molecule has 0 aliphatic heterocycles. The zero-order valence-corrected chi connectivity index (χ0v) is 8.92. The summed E-state index contributed by atoms with van der Waals surface area (Å²) in [6.07, 6.45) is 0.697. The van der Waals surface area contributed by atoms with Crippen molar-refractivity contribution in [3.05, 3.63) is 35.9 Å². The van der Waals surface area contributed by atoms with E-state index in [0.717, 1.165) is 5.56 Å². The molecule has 1 aromatic rings. The van der Waals surface area contributed by atoms with Crippen molar-refractivity contribution < 1.29 is 4.79 Å². The molecule has 0 aliphatic carbocycles. The van der Waals surface area contributed by atoms with Crippen molar-refractivity contribution in [2.24, 2.45) is 0 Å². The Morgan fingerprint density at radius 2 is 2.07 bits per heavy atom. The van der Waals surface area contributed by atoms with Crippen molar-refractivity contribution in [1.82, 2.24) is 5.32 Å². The minimum absolute atomic E-state index is 0.0398. The summed E-state index contributed by atoms with van der Waals surface area (Å²) in [5.41, 5.74) is 1.14. The summed E-state index contributed by atoms with van der Waals surface area (Å²) >= 11 is 5.50. The number of rotatable bonds is 5. The van der Waals surface area contributed by atoms with E-state index in [4.69, 9.17) is 11.6 Å². The van der Waals surface area contributed by atoms with Crippen LogP contribution >= 0.6 is 11.6 Å². The zero-order chi connectivity index (χ0) is 10.4. The van der Waals surface area contributed by atoms with Crippen LogP contribution in [0.1, 0.15) is 5.56 Å². The lowest BCUT2D eigenvalue weighted by Gasteiger charge is -2.13. The molecule has 0 saturated carbocycles. The second kappa shape index (κ2) is 5.78. The molecule has 1 rings (SSSR count). The lowest BCUT2D eigenvalue weighted by atomic mass is 10.0. The first-order chi connectivity index (χ1) is 6.77. The van der Waals surface area contributed by atoms with Crippen LogP contribution in [0.2, 0.25) is 0 Å². The van der Waals surface area contributed by atoms with E-state index in [-0.39, 0.29) is 17.7 Å². The van der Waals surface area contributed by atoms with Gasteiger partial charge in [0.2, 0.25) is 0 Å². The van der Waals surface area contributed by atoms with E-state index in [0.29, 0.717) is 6.42 Å². The number of likely N-dealkylation sites (N-methyl/N-ethyl adjacent to an activating group) is 1. The molecule has 3 heteroatoms. The fourth-order valence-electron chi connectivity index (χ4n) is 1.32. The number of carbonyl (C=O) groups excluding carboxylic acids is 1. The largest absolute Gasteiger partial charge is 0.310 e. The summed E-state index contributed by atoms with van der Waals surface area (Å²) in [7, 11) is 1.78. The number of hydrogen-bond acceptors (Lipinski definition) is 2. The van der Waals surface area contributed by atoms with E-state index in [1.54, 1.807) is 7.05 Å². The van der Waals surface area contributed by atoms with Crippen LogP contribution in [0.5, 0.6) is 0 Å². The Kier molecular flexibility index (Phi) is 4.63. The number of carbonyl (C=O) groups is 1. The highest BCUT2D eigenvalue weighted by atomic mass is 35.5. The van der Waals surface area contributed by atoms with E-state index in [1.165, 1.54) is 0 Å². The summed E-state index contributed by atoms with van der Waals surface area (Å²) in [5, 5.41) is 2.97. The molecule has 14 heavy (non-hydrogen) atoms. The number of halogens is 1. The number of nitrogens with one attached hydrogen (secondary N) is 1. The van der Waals surface area contributed by atoms with Crippen LogP contribution in [0, 0.1) is 0 Å². The van der Waals surface area contributed by atoms with E-state index >= 15 is 0 Å². The maximum Gasteiger partial charge on any atom is 0.164 e. The highest BCUT2D eigenvalue weighted by Crippen LogP contribution is 2.04. The maximum atomic E-state index is 11.4. The molecule has 0 radical (unpaired) electrons. The Labute approximate surface area is 89.3 Å². The predicted molar refractivity (Wildman–Crippen MR) is 58.7 cm³/mol. The van der Waals surface area contributed by atoms with Crippen molar-refractivity contribution in [3.63, 3.8) is 0 Å². The van der Waals surface area contributed by atoms with Gasteiger partial charge >= 0.3 is 0 Å². The molecule has 1 N–H and O–H groups in total.